The molecule has 1 N–H and O–H groups in total. The Kier molecular flexibility index (Phi) is 6.68. The summed E-state index contributed by atoms with van der Waals surface area (Å²) in [5.74, 6) is 0. The largest absolute Gasteiger partial charge is 0.444 e. The van der Waals surface area contributed by atoms with Gasteiger partial charge in [0.1, 0.15) is 5.60 Å². The second kappa shape index (κ2) is 7.64. The molecular formula is C17H34N2O3. The molecule has 130 valence electrons. The van der Waals surface area contributed by atoms with E-state index in [2.05, 4.69) is 26.1 Å². The second-order valence-electron chi connectivity index (χ2n) is 7.89. The number of carbonyl (C=O) groups is 1. The molecule has 2 unspecified atom stereocenters. The lowest BCUT2D eigenvalue weighted by Gasteiger charge is -2.40. The summed E-state index contributed by atoms with van der Waals surface area (Å²) >= 11 is 0. The van der Waals surface area contributed by atoms with Crippen LogP contribution >= 0.6 is 0 Å². The fourth-order valence-corrected chi connectivity index (χ4v) is 2.51. The third kappa shape index (κ3) is 6.13. The molecule has 1 aliphatic heterocycles. The second-order valence-corrected chi connectivity index (χ2v) is 7.89. The van der Waals surface area contributed by atoms with Crippen molar-refractivity contribution in [2.24, 2.45) is 5.41 Å². The zero-order valence-corrected chi connectivity index (χ0v) is 15.4. The Labute approximate surface area is 135 Å². The maximum absolute atomic E-state index is 12.1. The summed E-state index contributed by atoms with van der Waals surface area (Å²) in [6, 6.07) is 0.325. The molecule has 0 aliphatic carbocycles. The molecule has 0 saturated carbocycles. The average Bonchev–Trinajstić information content (AvgIpc) is 2.42. The van der Waals surface area contributed by atoms with Crippen LogP contribution in [0.2, 0.25) is 0 Å². The summed E-state index contributed by atoms with van der Waals surface area (Å²) in [6.45, 7) is 14.7. The molecule has 2 atom stereocenters. The topological polar surface area (TPSA) is 50.8 Å². The predicted octanol–water partition coefficient (Wildman–Crippen LogP) is 3.04. The molecule has 0 spiro atoms. The average molecular weight is 314 g/mol. The number of rotatable bonds is 5. The molecule has 0 aromatic heterocycles. The first kappa shape index (κ1) is 19.2. The van der Waals surface area contributed by atoms with E-state index in [9.17, 15) is 4.79 Å². The van der Waals surface area contributed by atoms with Gasteiger partial charge in [-0.15, -0.1) is 0 Å². The van der Waals surface area contributed by atoms with Crippen molar-refractivity contribution in [3.63, 3.8) is 0 Å². The van der Waals surface area contributed by atoms with Gasteiger partial charge in [0.15, 0.2) is 0 Å². The monoisotopic (exact) mass is 314 g/mol. The van der Waals surface area contributed by atoms with E-state index >= 15 is 0 Å². The highest BCUT2D eigenvalue weighted by molar-refractivity contribution is 5.68. The summed E-state index contributed by atoms with van der Waals surface area (Å²) in [7, 11) is 1.74. The first-order chi connectivity index (χ1) is 10.1. The van der Waals surface area contributed by atoms with Crippen LogP contribution in [-0.2, 0) is 9.47 Å². The zero-order valence-electron chi connectivity index (χ0n) is 15.4. The van der Waals surface area contributed by atoms with Crippen LogP contribution in [0, 0.1) is 5.41 Å². The van der Waals surface area contributed by atoms with Gasteiger partial charge in [-0.1, -0.05) is 6.92 Å². The molecule has 1 saturated heterocycles. The Hall–Kier alpha value is -0.810. The molecule has 5 nitrogen and oxygen atoms in total. The van der Waals surface area contributed by atoms with E-state index in [1.807, 2.05) is 25.7 Å². The fraction of sp³-hybridized carbons (Fsp3) is 0.941. The fourth-order valence-electron chi connectivity index (χ4n) is 2.51. The summed E-state index contributed by atoms with van der Waals surface area (Å²) in [6.07, 6.45) is 2.00. The molecule has 5 heteroatoms. The van der Waals surface area contributed by atoms with Gasteiger partial charge >= 0.3 is 6.09 Å². The van der Waals surface area contributed by atoms with Gasteiger partial charge < -0.3 is 19.7 Å². The number of hydrogen-bond acceptors (Lipinski definition) is 4. The van der Waals surface area contributed by atoms with Crippen LogP contribution in [-0.4, -0.2) is 55.5 Å². The summed E-state index contributed by atoms with van der Waals surface area (Å²) < 4.78 is 10.8. The predicted molar refractivity (Wildman–Crippen MR) is 89.1 cm³/mol. The highest BCUT2D eigenvalue weighted by Crippen LogP contribution is 2.31. The van der Waals surface area contributed by atoms with E-state index in [0.717, 1.165) is 32.5 Å². The Morgan fingerprint density at radius 3 is 2.27 bits per heavy atom. The third-order valence-electron chi connectivity index (χ3n) is 4.55. The normalized spacial score (nSPS) is 21.3. The first-order valence-electron chi connectivity index (χ1n) is 8.30. The molecule has 0 bridgehead atoms. The SMILES string of the molecule is COC(C)C(C)NCC1(C)CCN(C(=O)OC(C)(C)C)CC1. The number of methoxy groups -OCH3 is 1. The van der Waals surface area contributed by atoms with Crippen molar-refractivity contribution in [1.82, 2.24) is 10.2 Å². The van der Waals surface area contributed by atoms with Crippen molar-refractivity contribution in [2.45, 2.75) is 72.1 Å². The number of piperidine rings is 1. The van der Waals surface area contributed by atoms with Crippen LogP contribution in [0.15, 0.2) is 0 Å². The van der Waals surface area contributed by atoms with Crippen molar-refractivity contribution in [3.8, 4) is 0 Å². The van der Waals surface area contributed by atoms with Crippen LogP contribution in [0.1, 0.15) is 54.4 Å². The standard InChI is InChI=1S/C17H34N2O3/c1-13(14(2)21-7)18-12-17(6)8-10-19(11-9-17)15(20)22-16(3,4)5/h13-14,18H,8-12H2,1-7H3. The quantitative estimate of drug-likeness (QED) is 0.847. The molecule has 1 rings (SSSR count). The summed E-state index contributed by atoms with van der Waals surface area (Å²) in [5.41, 5.74) is -0.203. The molecular weight excluding hydrogens is 280 g/mol. The molecule has 0 aromatic rings. The Morgan fingerprint density at radius 1 is 1.27 bits per heavy atom. The lowest BCUT2D eigenvalue weighted by Crippen LogP contribution is -2.49. The summed E-state index contributed by atoms with van der Waals surface area (Å²) in [5, 5.41) is 3.57. The van der Waals surface area contributed by atoms with Gasteiger partial charge in [-0.25, -0.2) is 4.79 Å². The van der Waals surface area contributed by atoms with Gasteiger partial charge in [0.05, 0.1) is 6.10 Å². The van der Waals surface area contributed by atoms with E-state index in [-0.39, 0.29) is 17.6 Å². The number of amides is 1. The minimum absolute atomic E-state index is 0.191. The molecule has 0 radical (unpaired) electrons. The first-order valence-corrected chi connectivity index (χ1v) is 8.30. The molecule has 1 heterocycles. The third-order valence-corrected chi connectivity index (χ3v) is 4.55. The van der Waals surface area contributed by atoms with Gasteiger partial charge in [-0.3, -0.25) is 0 Å². The van der Waals surface area contributed by atoms with Gasteiger partial charge in [0, 0.05) is 32.8 Å². The van der Waals surface area contributed by atoms with Crippen LogP contribution < -0.4 is 5.32 Å². The Bertz CT molecular complexity index is 357. The van der Waals surface area contributed by atoms with Crippen molar-refractivity contribution in [1.29, 1.82) is 0 Å². The molecule has 1 aliphatic rings. The number of nitrogens with one attached hydrogen (secondary N) is 1. The number of hydrogen-bond donors (Lipinski definition) is 1. The van der Waals surface area contributed by atoms with Crippen molar-refractivity contribution >= 4 is 6.09 Å². The Morgan fingerprint density at radius 2 is 1.82 bits per heavy atom. The summed E-state index contributed by atoms with van der Waals surface area (Å²) in [4.78, 5) is 13.9. The van der Waals surface area contributed by atoms with Gasteiger partial charge in [-0.05, 0) is 52.9 Å². The number of likely N-dealkylation sites (tertiary alicyclic amines) is 1. The molecule has 0 aromatic carbocycles. The molecule has 22 heavy (non-hydrogen) atoms. The number of ether oxygens (including phenoxy) is 2. The maximum Gasteiger partial charge on any atom is 0.410 e. The lowest BCUT2D eigenvalue weighted by atomic mass is 9.80. The van der Waals surface area contributed by atoms with E-state index in [4.69, 9.17) is 9.47 Å². The molecule has 1 fully saturated rings. The minimum atomic E-state index is -0.425. The van der Waals surface area contributed by atoms with E-state index in [1.165, 1.54) is 0 Å². The molecule has 1 amide bonds. The van der Waals surface area contributed by atoms with Gasteiger partial charge in [-0.2, -0.15) is 0 Å². The van der Waals surface area contributed by atoms with Gasteiger partial charge in [0.25, 0.3) is 0 Å². The van der Waals surface area contributed by atoms with Crippen molar-refractivity contribution in [3.05, 3.63) is 0 Å². The zero-order chi connectivity index (χ0) is 17.0. The highest BCUT2D eigenvalue weighted by atomic mass is 16.6. The number of nitrogens with zero attached hydrogens (tertiary/aromatic N) is 1. The van der Waals surface area contributed by atoms with E-state index in [1.54, 1.807) is 7.11 Å². The number of carbonyl (C=O) groups excluding carboxylic acids is 1. The lowest BCUT2D eigenvalue weighted by molar-refractivity contribution is 0.0109. The minimum Gasteiger partial charge on any atom is -0.444 e. The van der Waals surface area contributed by atoms with Crippen molar-refractivity contribution < 1.29 is 14.3 Å². The van der Waals surface area contributed by atoms with Crippen molar-refractivity contribution in [2.75, 3.05) is 26.7 Å². The van der Waals surface area contributed by atoms with E-state index in [0.29, 0.717) is 6.04 Å². The Balaban J connectivity index is 2.41. The van der Waals surface area contributed by atoms with Crippen LogP contribution in [0.5, 0.6) is 0 Å². The van der Waals surface area contributed by atoms with Crippen LogP contribution in [0.4, 0.5) is 4.79 Å². The highest BCUT2D eigenvalue weighted by Gasteiger charge is 2.33. The van der Waals surface area contributed by atoms with Gasteiger partial charge in [0.2, 0.25) is 0 Å². The van der Waals surface area contributed by atoms with E-state index < -0.39 is 5.60 Å². The maximum atomic E-state index is 12.1. The van der Waals surface area contributed by atoms with Crippen LogP contribution in [0.25, 0.3) is 0 Å². The smallest absolute Gasteiger partial charge is 0.410 e. The van der Waals surface area contributed by atoms with Crippen LogP contribution in [0.3, 0.4) is 0 Å².